The van der Waals surface area contributed by atoms with Crippen molar-refractivity contribution in [3.8, 4) is 22.1 Å². The maximum absolute atomic E-state index is 12.9. The second kappa shape index (κ2) is 7.38. The van der Waals surface area contributed by atoms with Crippen molar-refractivity contribution in [3.63, 3.8) is 0 Å². The van der Waals surface area contributed by atoms with Crippen LogP contribution in [0.15, 0.2) is 57.5 Å². The number of nitrogens with zero attached hydrogens (tertiary/aromatic N) is 2. The average Bonchev–Trinajstić information content (AvgIpc) is 3.19. The van der Waals surface area contributed by atoms with Crippen LogP contribution in [0.3, 0.4) is 0 Å². The fourth-order valence-electron chi connectivity index (χ4n) is 2.77. The Labute approximate surface area is 165 Å². The smallest absolute Gasteiger partial charge is 0.264 e. The van der Waals surface area contributed by atoms with Gasteiger partial charge in [0, 0.05) is 13.1 Å². The molecule has 0 saturated heterocycles. The first kappa shape index (κ1) is 18.7. The first-order chi connectivity index (χ1) is 13.4. The van der Waals surface area contributed by atoms with E-state index in [0.717, 1.165) is 11.3 Å². The van der Waals surface area contributed by atoms with Crippen molar-refractivity contribution < 1.29 is 17.9 Å². The Morgan fingerprint density at radius 3 is 2.71 bits per heavy atom. The van der Waals surface area contributed by atoms with E-state index in [4.69, 9.17) is 9.47 Å². The van der Waals surface area contributed by atoms with Crippen LogP contribution in [-0.4, -0.2) is 49.2 Å². The Hall–Kier alpha value is -2.69. The SMILES string of the molecule is CN(CC1COc2ccccc2O1)S(=O)(=O)c1ccc(-c2ccc(=O)[nH]n2)s1. The Morgan fingerprint density at radius 1 is 1.18 bits per heavy atom. The van der Waals surface area contributed by atoms with Gasteiger partial charge in [0.15, 0.2) is 11.5 Å². The van der Waals surface area contributed by atoms with E-state index in [2.05, 4.69) is 10.2 Å². The summed E-state index contributed by atoms with van der Waals surface area (Å²) in [6.07, 6.45) is -0.407. The lowest BCUT2D eigenvalue weighted by Gasteiger charge is -2.29. The van der Waals surface area contributed by atoms with Gasteiger partial charge in [-0.3, -0.25) is 4.79 Å². The van der Waals surface area contributed by atoms with Gasteiger partial charge in [0.1, 0.15) is 22.6 Å². The van der Waals surface area contributed by atoms with Crippen molar-refractivity contribution in [1.29, 1.82) is 0 Å². The summed E-state index contributed by atoms with van der Waals surface area (Å²) in [5.41, 5.74) is 0.193. The van der Waals surface area contributed by atoms with Crippen LogP contribution in [0.5, 0.6) is 11.5 Å². The van der Waals surface area contributed by atoms with Crippen molar-refractivity contribution >= 4 is 21.4 Å². The van der Waals surface area contributed by atoms with Crippen LogP contribution in [-0.2, 0) is 10.0 Å². The van der Waals surface area contributed by atoms with E-state index in [0.29, 0.717) is 22.1 Å². The molecule has 0 amide bonds. The summed E-state index contributed by atoms with van der Waals surface area (Å²) in [4.78, 5) is 11.8. The molecule has 1 unspecified atom stereocenters. The number of H-pyrrole nitrogens is 1. The number of aromatic nitrogens is 2. The van der Waals surface area contributed by atoms with Gasteiger partial charge in [-0.1, -0.05) is 12.1 Å². The highest BCUT2D eigenvalue weighted by Crippen LogP contribution is 2.33. The van der Waals surface area contributed by atoms with Gasteiger partial charge in [-0.15, -0.1) is 11.3 Å². The van der Waals surface area contributed by atoms with Crippen LogP contribution >= 0.6 is 11.3 Å². The fraction of sp³-hybridized carbons (Fsp3) is 0.222. The predicted octanol–water partition coefficient (Wildman–Crippen LogP) is 1.96. The third-order valence-corrected chi connectivity index (χ3v) is 7.60. The molecule has 4 rings (SSSR count). The number of benzene rings is 1. The number of ether oxygens (including phenoxy) is 2. The van der Waals surface area contributed by atoms with E-state index < -0.39 is 16.1 Å². The highest BCUT2D eigenvalue weighted by atomic mass is 32.2. The minimum absolute atomic E-state index is 0.154. The highest BCUT2D eigenvalue weighted by Gasteiger charge is 2.29. The fourth-order valence-corrected chi connectivity index (χ4v) is 5.46. The summed E-state index contributed by atoms with van der Waals surface area (Å²) >= 11 is 1.09. The van der Waals surface area contributed by atoms with Gasteiger partial charge in [-0.05, 0) is 30.3 Å². The summed E-state index contributed by atoms with van der Waals surface area (Å²) in [5, 5.41) is 6.27. The van der Waals surface area contributed by atoms with Crippen molar-refractivity contribution in [1.82, 2.24) is 14.5 Å². The van der Waals surface area contributed by atoms with Gasteiger partial charge < -0.3 is 9.47 Å². The first-order valence-electron chi connectivity index (χ1n) is 8.44. The standard InChI is InChI=1S/C18H17N3O5S2/c1-21(10-12-11-25-14-4-2-3-5-15(14)26-12)28(23,24)18-9-7-16(27-18)13-6-8-17(22)20-19-13/h2-9,12H,10-11H2,1H3,(H,20,22). The van der Waals surface area contributed by atoms with Gasteiger partial charge in [-0.2, -0.15) is 9.40 Å². The van der Waals surface area contributed by atoms with Crippen LogP contribution in [0.2, 0.25) is 0 Å². The molecule has 3 aromatic rings. The van der Waals surface area contributed by atoms with Gasteiger partial charge >= 0.3 is 0 Å². The number of aromatic amines is 1. The van der Waals surface area contributed by atoms with E-state index in [1.54, 1.807) is 18.2 Å². The lowest BCUT2D eigenvalue weighted by molar-refractivity contribution is 0.0799. The summed E-state index contributed by atoms with van der Waals surface area (Å²) in [6, 6.07) is 13.4. The monoisotopic (exact) mass is 419 g/mol. The van der Waals surface area contributed by atoms with Gasteiger partial charge in [0.05, 0.1) is 11.4 Å². The topological polar surface area (TPSA) is 102 Å². The zero-order valence-corrected chi connectivity index (χ0v) is 16.5. The summed E-state index contributed by atoms with van der Waals surface area (Å²) < 4.78 is 38.8. The Kier molecular flexibility index (Phi) is 4.92. The molecule has 0 spiro atoms. The lowest BCUT2D eigenvalue weighted by atomic mass is 10.2. The number of likely N-dealkylation sites (N-methyl/N-ethyl adjacent to an activating group) is 1. The zero-order valence-electron chi connectivity index (χ0n) is 14.9. The van der Waals surface area contributed by atoms with Crippen molar-refractivity contribution in [2.45, 2.75) is 10.3 Å². The molecular weight excluding hydrogens is 402 g/mol. The number of sulfonamides is 1. The minimum atomic E-state index is -3.69. The number of nitrogens with one attached hydrogen (secondary N) is 1. The third kappa shape index (κ3) is 3.66. The predicted molar refractivity (Wildman–Crippen MR) is 104 cm³/mol. The molecule has 1 aliphatic heterocycles. The average molecular weight is 419 g/mol. The number of hydrogen-bond acceptors (Lipinski definition) is 7. The highest BCUT2D eigenvalue weighted by molar-refractivity contribution is 7.91. The van der Waals surface area contributed by atoms with Crippen molar-refractivity contribution in [3.05, 3.63) is 58.9 Å². The Morgan fingerprint density at radius 2 is 1.96 bits per heavy atom. The maximum Gasteiger partial charge on any atom is 0.264 e. The van der Waals surface area contributed by atoms with E-state index in [1.807, 2.05) is 18.2 Å². The molecule has 0 saturated carbocycles. The van der Waals surface area contributed by atoms with Crippen LogP contribution < -0.4 is 15.0 Å². The normalized spacial score (nSPS) is 16.3. The van der Waals surface area contributed by atoms with Gasteiger partial charge in [0.2, 0.25) is 0 Å². The van der Waals surface area contributed by atoms with E-state index in [9.17, 15) is 13.2 Å². The molecule has 0 bridgehead atoms. The zero-order chi connectivity index (χ0) is 19.7. The molecule has 2 aromatic heterocycles. The molecule has 3 heterocycles. The molecular formula is C18H17N3O5S2. The molecule has 1 aromatic carbocycles. The molecule has 1 N–H and O–H groups in total. The second-order valence-corrected chi connectivity index (χ2v) is 9.56. The van der Waals surface area contributed by atoms with Crippen LogP contribution in [0, 0.1) is 0 Å². The molecule has 0 aliphatic carbocycles. The third-order valence-electron chi connectivity index (χ3n) is 4.21. The Bertz CT molecular complexity index is 1140. The van der Waals surface area contributed by atoms with Crippen LogP contribution in [0.1, 0.15) is 0 Å². The van der Waals surface area contributed by atoms with Crippen LogP contribution in [0.4, 0.5) is 0 Å². The first-order valence-corrected chi connectivity index (χ1v) is 10.7. The molecule has 0 fully saturated rings. The quantitative estimate of drug-likeness (QED) is 0.678. The molecule has 1 aliphatic rings. The number of thiophene rings is 1. The van der Waals surface area contributed by atoms with E-state index >= 15 is 0 Å². The number of rotatable bonds is 5. The van der Waals surface area contributed by atoms with Gasteiger partial charge in [-0.25, -0.2) is 13.5 Å². The molecule has 10 heteroatoms. The van der Waals surface area contributed by atoms with E-state index in [-0.39, 0.29) is 22.9 Å². The molecule has 28 heavy (non-hydrogen) atoms. The molecule has 1 atom stereocenters. The number of fused-ring (bicyclic) bond motifs is 1. The Balaban J connectivity index is 1.49. The number of para-hydroxylation sites is 2. The molecule has 0 radical (unpaired) electrons. The van der Waals surface area contributed by atoms with E-state index in [1.165, 1.54) is 23.5 Å². The molecule has 146 valence electrons. The largest absolute Gasteiger partial charge is 0.486 e. The lowest BCUT2D eigenvalue weighted by Crippen LogP contribution is -2.41. The van der Waals surface area contributed by atoms with Gasteiger partial charge in [0.25, 0.3) is 15.6 Å². The number of hydrogen-bond donors (Lipinski definition) is 1. The molecule has 8 nitrogen and oxygen atoms in total. The van der Waals surface area contributed by atoms with Crippen molar-refractivity contribution in [2.75, 3.05) is 20.2 Å². The van der Waals surface area contributed by atoms with Crippen LogP contribution in [0.25, 0.3) is 10.6 Å². The summed E-state index contributed by atoms with van der Waals surface area (Å²) in [5.74, 6) is 1.26. The summed E-state index contributed by atoms with van der Waals surface area (Å²) in [6.45, 7) is 0.425. The maximum atomic E-state index is 12.9. The van der Waals surface area contributed by atoms with Crippen molar-refractivity contribution in [2.24, 2.45) is 0 Å². The summed E-state index contributed by atoms with van der Waals surface area (Å²) in [7, 11) is -2.18. The second-order valence-electron chi connectivity index (χ2n) is 6.21. The minimum Gasteiger partial charge on any atom is -0.486 e.